The molecule has 2 aromatic carbocycles. The van der Waals surface area contributed by atoms with E-state index < -0.39 is 16.4 Å². The zero-order valence-corrected chi connectivity index (χ0v) is 16.5. The fourth-order valence-corrected chi connectivity index (χ4v) is 3.89. The molecule has 0 spiro atoms. The van der Waals surface area contributed by atoms with Crippen LogP contribution in [0.25, 0.3) is 20.7 Å². The lowest BCUT2D eigenvalue weighted by molar-refractivity contribution is -0.384. The van der Waals surface area contributed by atoms with Crippen molar-refractivity contribution in [2.24, 2.45) is 0 Å². The van der Waals surface area contributed by atoms with Crippen molar-refractivity contribution in [3.63, 3.8) is 0 Å². The summed E-state index contributed by atoms with van der Waals surface area (Å²) < 4.78 is 0.978. The van der Waals surface area contributed by atoms with Crippen molar-refractivity contribution in [3.8, 4) is 10.4 Å². The number of fused-ring (bicyclic) bond motifs is 1. The summed E-state index contributed by atoms with van der Waals surface area (Å²) in [6.07, 6.45) is 0. The quantitative estimate of drug-likeness (QED) is 0.390. The van der Waals surface area contributed by atoms with Gasteiger partial charge < -0.3 is 5.32 Å². The summed E-state index contributed by atoms with van der Waals surface area (Å²) in [5, 5.41) is 21.8. The monoisotopic (exact) mass is 421 g/mol. The number of amides is 1. The minimum Gasteiger partial charge on any atom is -0.324 e. The number of nitrogens with zero attached hydrogens (tertiary/aromatic N) is 4. The Balaban J connectivity index is 1.59. The van der Waals surface area contributed by atoms with E-state index in [2.05, 4.69) is 15.6 Å². The molecule has 0 saturated heterocycles. The third kappa shape index (κ3) is 3.80. The van der Waals surface area contributed by atoms with E-state index >= 15 is 0 Å². The van der Waals surface area contributed by atoms with Gasteiger partial charge in [-0.3, -0.25) is 19.7 Å². The van der Waals surface area contributed by atoms with Crippen LogP contribution in [0.1, 0.15) is 5.56 Å². The first-order valence-electron chi connectivity index (χ1n) is 8.90. The van der Waals surface area contributed by atoms with E-state index in [0.717, 1.165) is 15.1 Å². The first-order valence-corrected chi connectivity index (χ1v) is 9.71. The standard InChI is InChI=1S/C20H15N5O4S/c1-12-7-8-14(25(28)29)9-16(12)21-18(26)11-24-20(27)15-10-17(30-19(15)22-23-24)13-5-3-2-4-6-13/h2-10H,11H2,1H3,(H,21,26). The van der Waals surface area contributed by atoms with Gasteiger partial charge in [0, 0.05) is 17.0 Å². The number of non-ortho nitro benzene ring substituents is 1. The van der Waals surface area contributed by atoms with E-state index in [1.165, 1.54) is 23.5 Å². The number of carbonyl (C=O) groups excluding carboxylic acids is 1. The molecule has 0 fully saturated rings. The molecule has 30 heavy (non-hydrogen) atoms. The first kappa shape index (κ1) is 19.4. The van der Waals surface area contributed by atoms with Crippen LogP contribution in [-0.2, 0) is 11.3 Å². The van der Waals surface area contributed by atoms with Gasteiger partial charge in [0.1, 0.15) is 6.54 Å². The fraction of sp³-hybridized carbons (Fsp3) is 0.100. The summed E-state index contributed by atoms with van der Waals surface area (Å²) in [6.45, 7) is 1.36. The highest BCUT2D eigenvalue weighted by Crippen LogP contribution is 2.30. The van der Waals surface area contributed by atoms with Crippen LogP contribution in [0.2, 0.25) is 0 Å². The van der Waals surface area contributed by atoms with Crippen LogP contribution in [-0.4, -0.2) is 25.8 Å². The van der Waals surface area contributed by atoms with Gasteiger partial charge in [0.2, 0.25) is 5.91 Å². The third-order valence-electron chi connectivity index (χ3n) is 4.48. The summed E-state index contributed by atoms with van der Waals surface area (Å²) in [4.78, 5) is 37.0. The largest absolute Gasteiger partial charge is 0.324 e. The number of nitro groups is 1. The van der Waals surface area contributed by atoms with Gasteiger partial charge in [0.25, 0.3) is 11.2 Å². The highest BCUT2D eigenvalue weighted by atomic mass is 32.1. The molecule has 0 bridgehead atoms. The predicted octanol–water partition coefficient (Wildman–Crippen LogP) is 3.38. The van der Waals surface area contributed by atoms with Crippen molar-refractivity contribution in [1.82, 2.24) is 15.0 Å². The molecule has 0 unspecified atom stereocenters. The summed E-state index contributed by atoms with van der Waals surface area (Å²) in [7, 11) is 0. The Morgan fingerprint density at radius 2 is 1.97 bits per heavy atom. The van der Waals surface area contributed by atoms with Crippen molar-refractivity contribution >= 4 is 38.8 Å². The molecule has 4 aromatic rings. The smallest absolute Gasteiger partial charge is 0.279 e. The van der Waals surface area contributed by atoms with Crippen LogP contribution in [0.3, 0.4) is 0 Å². The average molecular weight is 421 g/mol. The number of benzene rings is 2. The number of nitro benzene ring substituents is 1. The first-order chi connectivity index (χ1) is 14.4. The maximum atomic E-state index is 12.8. The number of aryl methyl sites for hydroxylation is 1. The zero-order valence-electron chi connectivity index (χ0n) is 15.7. The second-order valence-electron chi connectivity index (χ2n) is 6.55. The number of thiophene rings is 1. The van der Waals surface area contributed by atoms with Crippen LogP contribution < -0.4 is 10.9 Å². The molecule has 0 aliphatic rings. The topological polar surface area (TPSA) is 120 Å². The van der Waals surface area contributed by atoms with Crippen LogP contribution in [0.5, 0.6) is 0 Å². The van der Waals surface area contributed by atoms with E-state index in [4.69, 9.17) is 0 Å². The van der Waals surface area contributed by atoms with Gasteiger partial charge >= 0.3 is 0 Å². The van der Waals surface area contributed by atoms with Crippen molar-refractivity contribution in [2.45, 2.75) is 13.5 Å². The van der Waals surface area contributed by atoms with Crippen molar-refractivity contribution in [1.29, 1.82) is 0 Å². The number of hydrogen-bond donors (Lipinski definition) is 1. The lowest BCUT2D eigenvalue weighted by Crippen LogP contribution is -2.30. The Labute approximate surface area is 173 Å². The molecule has 2 heterocycles. The molecular formula is C20H15N5O4S. The summed E-state index contributed by atoms with van der Waals surface area (Å²) in [5.41, 5.74) is 1.36. The maximum Gasteiger partial charge on any atom is 0.279 e. The Kier molecular flexibility index (Phi) is 5.07. The number of anilines is 1. The molecule has 2 aromatic heterocycles. The summed E-state index contributed by atoms with van der Waals surface area (Å²) >= 11 is 1.35. The summed E-state index contributed by atoms with van der Waals surface area (Å²) in [5.74, 6) is -0.534. The molecule has 9 nitrogen and oxygen atoms in total. The molecule has 0 aliphatic carbocycles. The molecule has 10 heteroatoms. The molecule has 1 N–H and O–H groups in total. The highest BCUT2D eigenvalue weighted by molar-refractivity contribution is 7.21. The minimum atomic E-state index is -0.542. The molecule has 150 valence electrons. The number of carbonyl (C=O) groups is 1. The highest BCUT2D eigenvalue weighted by Gasteiger charge is 2.15. The van der Waals surface area contributed by atoms with Gasteiger partial charge in [-0.15, -0.1) is 16.4 Å². The van der Waals surface area contributed by atoms with Crippen LogP contribution in [0.15, 0.2) is 59.4 Å². The van der Waals surface area contributed by atoms with Crippen molar-refractivity contribution < 1.29 is 9.72 Å². The second-order valence-corrected chi connectivity index (χ2v) is 7.58. The molecule has 1 amide bonds. The zero-order chi connectivity index (χ0) is 21.3. The number of aromatic nitrogens is 3. The van der Waals surface area contributed by atoms with Crippen LogP contribution in [0, 0.1) is 17.0 Å². The van der Waals surface area contributed by atoms with E-state index in [-0.39, 0.29) is 12.2 Å². The lowest BCUT2D eigenvalue weighted by atomic mass is 10.2. The van der Waals surface area contributed by atoms with E-state index in [1.54, 1.807) is 19.1 Å². The molecule has 4 rings (SSSR count). The van der Waals surface area contributed by atoms with Gasteiger partial charge in [-0.2, -0.15) is 0 Å². The second kappa shape index (κ2) is 7.84. The molecule has 0 atom stereocenters. The van der Waals surface area contributed by atoms with E-state index in [0.29, 0.717) is 21.5 Å². The third-order valence-corrected chi connectivity index (χ3v) is 5.55. The Hall–Kier alpha value is -3.92. The summed E-state index contributed by atoms with van der Waals surface area (Å²) in [6, 6.07) is 15.5. The molecular weight excluding hydrogens is 406 g/mol. The maximum absolute atomic E-state index is 12.8. The van der Waals surface area contributed by atoms with Gasteiger partial charge in [0.15, 0.2) is 4.83 Å². The predicted molar refractivity (Wildman–Crippen MR) is 114 cm³/mol. The van der Waals surface area contributed by atoms with Crippen molar-refractivity contribution in [2.75, 3.05) is 5.32 Å². The Morgan fingerprint density at radius 3 is 2.70 bits per heavy atom. The van der Waals surface area contributed by atoms with Gasteiger partial charge in [-0.1, -0.05) is 41.6 Å². The Bertz CT molecular complexity index is 1330. The van der Waals surface area contributed by atoms with Crippen molar-refractivity contribution in [3.05, 3.63) is 80.6 Å². The van der Waals surface area contributed by atoms with Crippen LogP contribution >= 0.6 is 11.3 Å². The van der Waals surface area contributed by atoms with E-state index in [1.807, 2.05) is 30.3 Å². The normalized spacial score (nSPS) is 10.8. The van der Waals surface area contributed by atoms with E-state index in [9.17, 15) is 19.7 Å². The molecule has 0 aliphatic heterocycles. The van der Waals surface area contributed by atoms with Gasteiger partial charge in [-0.25, -0.2) is 4.68 Å². The number of nitrogens with one attached hydrogen (secondary N) is 1. The molecule has 0 saturated carbocycles. The minimum absolute atomic E-state index is 0.138. The van der Waals surface area contributed by atoms with Gasteiger partial charge in [-0.05, 0) is 24.1 Å². The Morgan fingerprint density at radius 1 is 1.20 bits per heavy atom. The number of rotatable bonds is 5. The lowest BCUT2D eigenvalue weighted by Gasteiger charge is -2.08. The van der Waals surface area contributed by atoms with Gasteiger partial charge in [0.05, 0.1) is 16.0 Å². The SMILES string of the molecule is Cc1ccc([N+](=O)[O-])cc1NC(=O)Cn1nnc2sc(-c3ccccc3)cc2c1=O. The molecule has 0 radical (unpaired) electrons. The van der Waals surface area contributed by atoms with Crippen LogP contribution in [0.4, 0.5) is 11.4 Å². The average Bonchev–Trinajstić information content (AvgIpc) is 3.17. The fourth-order valence-electron chi connectivity index (χ4n) is 2.92. The number of hydrogen-bond acceptors (Lipinski definition) is 7.